The second-order valence-corrected chi connectivity index (χ2v) is 3.23. The Labute approximate surface area is 94.6 Å². The molecule has 4 nitrogen and oxygen atoms in total. The van der Waals surface area contributed by atoms with Crippen molar-refractivity contribution < 1.29 is 22.8 Å². The van der Waals surface area contributed by atoms with Crippen LogP contribution in [0.5, 0.6) is 0 Å². The molecule has 7 heteroatoms. The predicted molar refractivity (Wildman–Crippen MR) is 53.9 cm³/mol. The van der Waals surface area contributed by atoms with Gasteiger partial charge in [0.05, 0.1) is 11.3 Å². The van der Waals surface area contributed by atoms with Gasteiger partial charge in [0.25, 0.3) is 0 Å². The molecule has 0 atom stereocenters. The fourth-order valence-electron chi connectivity index (χ4n) is 1.19. The summed E-state index contributed by atoms with van der Waals surface area (Å²) < 4.78 is 37.6. The Kier molecular flexibility index (Phi) is 3.72. The van der Waals surface area contributed by atoms with Crippen LogP contribution in [0, 0.1) is 0 Å². The van der Waals surface area contributed by atoms with Crippen LogP contribution in [0.4, 0.5) is 18.9 Å². The van der Waals surface area contributed by atoms with Gasteiger partial charge in [-0.3, -0.25) is 9.59 Å². The van der Waals surface area contributed by atoms with E-state index in [1.54, 1.807) is 0 Å². The fourth-order valence-corrected chi connectivity index (χ4v) is 1.19. The summed E-state index contributed by atoms with van der Waals surface area (Å²) in [4.78, 5) is 21.5. The first-order valence-corrected chi connectivity index (χ1v) is 4.55. The van der Waals surface area contributed by atoms with E-state index in [4.69, 9.17) is 5.73 Å². The van der Waals surface area contributed by atoms with Gasteiger partial charge in [-0.05, 0) is 12.1 Å². The number of carbonyl (C=O) groups is 2. The quantitative estimate of drug-likeness (QED) is 0.793. The minimum Gasteiger partial charge on any atom is -0.369 e. The SMILES string of the molecule is NC(=O)CC(=O)Nc1ccccc1C(F)(F)F. The Morgan fingerprint density at radius 3 is 2.35 bits per heavy atom. The highest BCUT2D eigenvalue weighted by atomic mass is 19.4. The second-order valence-electron chi connectivity index (χ2n) is 3.23. The zero-order valence-electron chi connectivity index (χ0n) is 8.54. The number of rotatable bonds is 3. The molecule has 2 amide bonds. The monoisotopic (exact) mass is 246 g/mol. The van der Waals surface area contributed by atoms with Gasteiger partial charge in [0.1, 0.15) is 6.42 Å². The van der Waals surface area contributed by atoms with E-state index in [1.165, 1.54) is 12.1 Å². The topological polar surface area (TPSA) is 72.2 Å². The molecule has 92 valence electrons. The fraction of sp³-hybridized carbons (Fsp3) is 0.200. The molecule has 0 saturated heterocycles. The molecule has 0 spiro atoms. The minimum atomic E-state index is -4.57. The van der Waals surface area contributed by atoms with Crippen LogP contribution in [-0.2, 0) is 15.8 Å². The number of primary amides is 1. The van der Waals surface area contributed by atoms with Crippen molar-refractivity contribution in [2.45, 2.75) is 12.6 Å². The number of hydrogen-bond donors (Lipinski definition) is 2. The first-order valence-electron chi connectivity index (χ1n) is 4.55. The third-order valence-corrected chi connectivity index (χ3v) is 1.84. The van der Waals surface area contributed by atoms with Crippen molar-refractivity contribution in [2.75, 3.05) is 5.32 Å². The highest BCUT2D eigenvalue weighted by molar-refractivity contribution is 6.03. The molecule has 0 heterocycles. The lowest BCUT2D eigenvalue weighted by molar-refractivity contribution is -0.137. The number of nitrogens with two attached hydrogens (primary N) is 1. The number of alkyl halides is 3. The number of carbonyl (C=O) groups excluding carboxylic acids is 2. The number of para-hydroxylation sites is 1. The lowest BCUT2D eigenvalue weighted by atomic mass is 10.1. The Morgan fingerprint density at radius 2 is 1.82 bits per heavy atom. The van der Waals surface area contributed by atoms with Gasteiger partial charge in [-0.25, -0.2) is 0 Å². The van der Waals surface area contributed by atoms with Gasteiger partial charge in [-0.15, -0.1) is 0 Å². The first kappa shape index (κ1) is 13.0. The van der Waals surface area contributed by atoms with E-state index in [-0.39, 0.29) is 0 Å². The van der Waals surface area contributed by atoms with Gasteiger partial charge in [-0.1, -0.05) is 12.1 Å². The van der Waals surface area contributed by atoms with Crippen LogP contribution in [0.1, 0.15) is 12.0 Å². The lowest BCUT2D eigenvalue weighted by Crippen LogP contribution is -2.22. The molecule has 0 bridgehead atoms. The molecule has 0 unspecified atom stereocenters. The second kappa shape index (κ2) is 4.86. The normalized spacial score (nSPS) is 11.0. The maximum Gasteiger partial charge on any atom is 0.418 e. The minimum absolute atomic E-state index is 0.397. The number of halogens is 3. The summed E-state index contributed by atoms with van der Waals surface area (Å²) in [6, 6.07) is 4.48. The van der Waals surface area contributed by atoms with E-state index in [2.05, 4.69) is 0 Å². The maximum atomic E-state index is 12.5. The highest BCUT2D eigenvalue weighted by Gasteiger charge is 2.33. The van der Waals surface area contributed by atoms with Gasteiger partial charge in [-0.2, -0.15) is 13.2 Å². The third-order valence-electron chi connectivity index (χ3n) is 1.84. The predicted octanol–water partition coefficient (Wildman–Crippen LogP) is 1.52. The van der Waals surface area contributed by atoms with Crippen molar-refractivity contribution >= 4 is 17.5 Å². The van der Waals surface area contributed by atoms with Crippen molar-refractivity contribution in [3.8, 4) is 0 Å². The molecule has 1 aromatic carbocycles. The Morgan fingerprint density at radius 1 is 1.24 bits per heavy atom. The first-order chi connectivity index (χ1) is 7.80. The summed E-state index contributed by atoms with van der Waals surface area (Å²) in [5.41, 5.74) is 3.38. The average molecular weight is 246 g/mol. The molecular formula is C10H9F3N2O2. The van der Waals surface area contributed by atoms with E-state index in [1.807, 2.05) is 5.32 Å². The van der Waals surface area contributed by atoms with Crippen molar-refractivity contribution in [3.05, 3.63) is 29.8 Å². The van der Waals surface area contributed by atoms with Gasteiger partial charge in [0.2, 0.25) is 11.8 Å². The molecule has 1 aromatic rings. The van der Waals surface area contributed by atoms with Crippen LogP contribution in [0.3, 0.4) is 0 Å². The van der Waals surface area contributed by atoms with Crippen LogP contribution in [-0.4, -0.2) is 11.8 Å². The van der Waals surface area contributed by atoms with Crippen molar-refractivity contribution in [1.82, 2.24) is 0 Å². The molecule has 0 aliphatic carbocycles. The van der Waals surface area contributed by atoms with Crippen LogP contribution in [0.25, 0.3) is 0 Å². The summed E-state index contributed by atoms with van der Waals surface area (Å²) >= 11 is 0. The van der Waals surface area contributed by atoms with E-state index in [9.17, 15) is 22.8 Å². The summed E-state index contributed by atoms with van der Waals surface area (Å²) in [5.74, 6) is -1.79. The van der Waals surface area contributed by atoms with E-state index in [0.717, 1.165) is 12.1 Å². The number of amides is 2. The Hall–Kier alpha value is -2.05. The molecule has 3 N–H and O–H groups in total. The average Bonchev–Trinajstić information content (AvgIpc) is 2.15. The van der Waals surface area contributed by atoms with Gasteiger partial charge < -0.3 is 11.1 Å². The summed E-state index contributed by atoms with van der Waals surface area (Å²) in [5, 5.41) is 1.99. The van der Waals surface area contributed by atoms with Gasteiger partial charge >= 0.3 is 6.18 Å². The summed E-state index contributed by atoms with van der Waals surface area (Å²) in [7, 11) is 0. The molecule has 0 aromatic heterocycles. The summed E-state index contributed by atoms with van der Waals surface area (Å²) in [6.07, 6.45) is -5.23. The number of hydrogen-bond acceptors (Lipinski definition) is 2. The van der Waals surface area contributed by atoms with Crippen LogP contribution in [0.15, 0.2) is 24.3 Å². The Bertz CT molecular complexity index is 443. The van der Waals surface area contributed by atoms with Crippen LogP contribution in [0.2, 0.25) is 0 Å². The molecule has 0 saturated carbocycles. The zero-order chi connectivity index (χ0) is 13.1. The molecule has 17 heavy (non-hydrogen) atoms. The van der Waals surface area contributed by atoms with Crippen LogP contribution >= 0.6 is 0 Å². The van der Waals surface area contributed by atoms with Gasteiger partial charge in [0, 0.05) is 0 Å². The van der Waals surface area contributed by atoms with Crippen LogP contribution < -0.4 is 11.1 Å². The van der Waals surface area contributed by atoms with Crippen molar-refractivity contribution in [1.29, 1.82) is 0 Å². The molecule has 0 fully saturated rings. The smallest absolute Gasteiger partial charge is 0.369 e. The largest absolute Gasteiger partial charge is 0.418 e. The van der Waals surface area contributed by atoms with E-state index in [0.29, 0.717) is 0 Å². The number of nitrogens with one attached hydrogen (secondary N) is 1. The molecule has 1 rings (SSSR count). The van der Waals surface area contributed by atoms with E-state index < -0.39 is 35.7 Å². The van der Waals surface area contributed by atoms with Crippen molar-refractivity contribution in [2.24, 2.45) is 5.73 Å². The lowest BCUT2D eigenvalue weighted by Gasteiger charge is -2.12. The summed E-state index contributed by atoms with van der Waals surface area (Å²) in [6.45, 7) is 0. The number of anilines is 1. The Balaban J connectivity index is 2.92. The molecule has 0 aliphatic rings. The standard InChI is InChI=1S/C10H9F3N2O2/c11-10(12,13)6-3-1-2-4-7(6)15-9(17)5-8(14)16/h1-4H,5H2,(H2,14,16)(H,15,17). The van der Waals surface area contributed by atoms with Crippen molar-refractivity contribution in [3.63, 3.8) is 0 Å². The maximum absolute atomic E-state index is 12.5. The number of benzene rings is 1. The van der Waals surface area contributed by atoms with E-state index >= 15 is 0 Å². The molecule has 0 aliphatic heterocycles. The highest BCUT2D eigenvalue weighted by Crippen LogP contribution is 2.34. The zero-order valence-corrected chi connectivity index (χ0v) is 8.54. The molecular weight excluding hydrogens is 237 g/mol. The molecule has 0 radical (unpaired) electrons. The third kappa shape index (κ3) is 3.78. The van der Waals surface area contributed by atoms with Gasteiger partial charge in [0.15, 0.2) is 0 Å².